The molecular weight excluding hydrogens is 288 g/mol. The molecule has 7 heteroatoms. The smallest absolute Gasteiger partial charge is 0.262 e. The molecule has 0 atom stereocenters. The van der Waals surface area contributed by atoms with E-state index in [1.165, 1.54) is 24.3 Å². The summed E-state index contributed by atoms with van der Waals surface area (Å²) >= 11 is 0. The molecule has 0 fully saturated rings. The molecule has 106 valence electrons. The second-order valence-corrected chi connectivity index (χ2v) is 5.69. The summed E-state index contributed by atoms with van der Waals surface area (Å²) in [6.45, 7) is -0.336. The van der Waals surface area contributed by atoms with Crippen LogP contribution in [0.5, 0.6) is 0 Å². The number of sulfonamides is 1. The van der Waals surface area contributed by atoms with Crippen LogP contribution >= 0.6 is 0 Å². The fourth-order valence-corrected chi connectivity index (χ4v) is 2.75. The first-order valence-corrected chi connectivity index (χ1v) is 7.09. The summed E-state index contributed by atoms with van der Waals surface area (Å²) < 4.78 is 52.8. The van der Waals surface area contributed by atoms with Gasteiger partial charge in [-0.05, 0) is 29.8 Å². The Hall–Kier alpha value is -1.99. The molecule has 2 aromatic rings. The zero-order valence-electron chi connectivity index (χ0n) is 10.2. The second-order valence-electron chi connectivity index (χ2n) is 4.01. The van der Waals surface area contributed by atoms with Crippen LogP contribution in [0.4, 0.5) is 14.5 Å². The van der Waals surface area contributed by atoms with Crippen LogP contribution < -0.4 is 4.72 Å². The van der Waals surface area contributed by atoms with E-state index >= 15 is 0 Å². The van der Waals surface area contributed by atoms with Crippen LogP contribution in [0, 0.1) is 11.6 Å². The lowest BCUT2D eigenvalue weighted by molar-refractivity contribution is 0.281. The Bertz CT molecular complexity index is 712. The van der Waals surface area contributed by atoms with Crippen molar-refractivity contribution in [1.29, 1.82) is 0 Å². The van der Waals surface area contributed by atoms with Crippen molar-refractivity contribution < 1.29 is 22.3 Å². The van der Waals surface area contributed by atoms with Gasteiger partial charge in [0.25, 0.3) is 10.0 Å². The van der Waals surface area contributed by atoms with Crippen LogP contribution in [-0.2, 0) is 16.6 Å². The molecule has 0 spiro atoms. The van der Waals surface area contributed by atoms with Crippen LogP contribution in [0.15, 0.2) is 47.4 Å². The van der Waals surface area contributed by atoms with Crippen molar-refractivity contribution in [2.45, 2.75) is 11.5 Å². The highest BCUT2D eigenvalue weighted by Crippen LogP contribution is 2.22. The zero-order valence-corrected chi connectivity index (χ0v) is 11.0. The molecule has 0 aliphatic rings. The molecule has 2 N–H and O–H groups in total. The fraction of sp³-hybridized carbons (Fsp3) is 0.0769. The molecule has 4 nitrogen and oxygen atoms in total. The van der Waals surface area contributed by atoms with Crippen LogP contribution in [0.1, 0.15) is 5.56 Å². The Kier molecular flexibility index (Phi) is 4.01. The van der Waals surface area contributed by atoms with E-state index in [4.69, 9.17) is 5.11 Å². The molecule has 0 heterocycles. The van der Waals surface area contributed by atoms with E-state index in [2.05, 4.69) is 0 Å². The van der Waals surface area contributed by atoms with Crippen molar-refractivity contribution in [3.63, 3.8) is 0 Å². The Labute approximate surface area is 114 Å². The number of aliphatic hydroxyl groups excluding tert-OH is 1. The zero-order chi connectivity index (χ0) is 14.8. The molecule has 0 saturated heterocycles. The third-order valence-electron chi connectivity index (χ3n) is 2.59. The number of para-hydroxylation sites is 1. The number of halogens is 2. The van der Waals surface area contributed by atoms with Gasteiger partial charge < -0.3 is 5.11 Å². The number of nitrogens with one attached hydrogen (secondary N) is 1. The largest absolute Gasteiger partial charge is 0.392 e. The number of benzene rings is 2. The fourth-order valence-electron chi connectivity index (χ4n) is 1.60. The van der Waals surface area contributed by atoms with Gasteiger partial charge in [0.1, 0.15) is 17.3 Å². The average Bonchev–Trinajstić information content (AvgIpc) is 2.43. The van der Waals surface area contributed by atoms with Gasteiger partial charge >= 0.3 is 0 Å². The average molecular weight is 299 g/mol. The SMILES string of the molecule is O=S(=O)(Nc1c(F)cccc1F)c1cccc(CO)c1. The Morgan fingerprint density at radius 1 is 1.05 bits per heavy atom. The van der Waals surface area contributed by atoms with Gasteiger partial charge in [0.2, 0.25) is 0 Å². The molecule has 0 unspecified atom stereocenters. The molecular formula is C13H11F2NO3S. The topological polar surface area (TPSA) is 66.4 Å². The maximum atomic E-state index is 13.4. The third-order valence-corrected chi connectivity index (χ3v) is 3.94. The normalized spacial score (nSPS) is 11.3. The Balaban J connectivity index is 2.41. The van der Waals surface area contributed by atoms with Crippen molar-refractivity contribution in [2.24, 2.45) is 0 Å². The maximum Gasteiger partial charge on any atom is 0.262 e. The van der Waals surface area contributed by atoms with Gasteiger partial charge in [0.05, 0.1) is 11.5 Å². The second kappa shape index (κ2) is 5.56. The van der Waals surface area contributed by atoms with Crippen molar-refractivity contribution in [2.75, 3.05) is 4.72 Å². The number of hydrogen-bond acceptors (Lipinski definition) is 3. The highest BCUT2D eigenvalue weighted by Gasteiger charge is 2.19. The summed E-state index contributed by atoms with van der Waals surface area (Å²) in [5, 5.41) is 8.97. The number of anilines is 1. The van der Waals surface area contributed by atoms with E-state index in [0.717, 1.165) is 18.2 Å². The van der Waals surface area contributed by atoms with Crippen molar-refractivity contribution >= 4 is 15.7 Å². The molecule has 0 aliphatic heterocycles. The van der Waals surface area contributed by atoms with E-state index < -0.39 is 27.3 Å². The summed E-state index contributed by atoms with van der Waals surface area (Å²) in [4.78, 5) is -0.188. The highest BCUT2D eigenvalue weighted by atomic mass is 32.2. The van der Waals surface area contributed by atoms with Gasteiger partial charge in [0.15, 0.2) is 0 Å². The van der Waals surface area contributed by atoms with E-state index in [1.54, 1.807) is 0 Å². The van der Waals surface area contributed by atoms with Crippen LogP contribution in [0.2, 0.25) is 0 Å². The standard InChI is InChI=1S/C13H11F2NO3S/c14-11-5-2-6-12(15)13(11)16-20(18,19)10-4-1-3-9(7-10)8-17/h1-7,16-17H,8H2. The summed E-state index contributed by atoms with van der Waals surface area (Å²) in [6.07, 6.45) is 0. The number of hydrogen-bond donors (Lipinski definition) is 2. The minimum atomic E-state index is -4.13. The van der Waals surface area contributed by atoms with E-state index in [-0.39, 0.29) is 11.5 Å². The quantitative estimate of drug-likeness (QED) is 0.910. The first-order chi connectivity index (χ1) is 9.44. The van der Waals surface area contributed by atoms with Gasteiger partial charge in [-0.3, -0.25) is 4.72 Å². The highest BCUT2D eigenvalue weighted by molar-refractivity contribution is 7.92. The summed E-state index contributed by atoms with van der Waals surface area (Å²) in [7, 11) is -4.13. The number of aliphatic hydroxyl groups is 1. The molecule has 0 saturated carbocycles. The first-order valence-electron chi connectivity index (χ1n) is 5.60. The summed E-state index contributed by atoms with van der Waals surface area (Å²) in [6, 6.07) is 8.48. The molecule has 20 heavy (non-hydrogen) atoms. The van der Waals surface area contributed by atoms with E-state index in [1.807, 2.05) is 4.72 Å². The molecule has 0 aromatic heterocycles. The van der Waals surface area contributed by atoms with E-state index in [0.29, 0.717) is 5.56 Å². The lowest BCUT2D eigenvalue weighted by Crippen LogP contribution is -2.15. The lowest BCUT2D eigenvalue weighted by Gasteiger charge is -2.10. The van der Waals surface area contributed by atoms with Crippen LogP contribution in [-0.4, -0.2) is 13.5 Å². The van der Waals surface area contributed by atoms with Crippen LogP contribution in [0.25, 0.3) is 0 Å². The number of rotatable bonds is 4. The van der Waals surface area contributed by atoms with Crippen molar-refractivity contribution in [3.8, 4) is 0 Å². The van der Waals surface area contributed by atoms with Gasteiger partial charge in [-0.1, -0.05) is 18.2 Å². The molecule has 0 radical (unpaired) electrons. The monoisotopic (exact) mass is 299 g/mol. The van der Waals surface area contributed by atoms with Gasteiger partial charge in [-0.15, -0.1) is 0 Å². The predicted molar refractivity (Wildman–Crippen MR) is 69.5 cm³/mol. The predicted octanol–water partition coefficient (Wildman–Crippen LogP) is 2.26. The lowest BCUT2D eigenvalue weighted by atomic mass is 10.2. The molecule has 2 rings (SSSR count). The first kappa shape index (κ1) is 14.4. The van der Waals surface area contributed by atoms with Crippen molar-refractivity contribution in [1.82, 2.24) is 0 Å². The molecule has 2 aromatic carbocycles. The van der Waals surface area contributed by atoms with Gasteiger partial charge in [-0.25, -0.2) is 17.2 Å². The Morgan fingerprint density at radius 2 is 1.65 bits per heavy atom. The molecule has 0 bridgehead atoms. The Morgan fingerprint density at radius 3 is 2.25 bits per heavy atom. The molecule has 0 aliphatic carbocycles. The van der Waals surface area contributed by atoms with Crippen LogP contribution in [0.3, 0.4) is 0 Å². The minimum Gasteiger partial charge on any atom is -0.392 e. The summed E-state index contributed by atoms with van der Waals surface area (Å²) in [5.74, 6) is -2.02. The summed E-state index contributed by atoms with van der Waals surface area (Å²) in [5.41, 5.74) is -0.358. The van der Waals surface area contributed by atoms with Crippen molar-refractivity contribution in [3.05, 3.63) is 59.7 Å². The van der Waals surface area contributed by atoms with Gasteiger partial charge in [0, 0.05) is 0 Å². The minimum absolute atomic E-state index is 0.188. The molecule has 0 amide bonds. The van der Waals surface area contributed by atoms with E-state index in [9.17, 15) is 17.2 Å². The maximum absolute atomic E-state index is 13.4. The van der Waals surface area contributed by atoms with Gasteiger partial charge in [-0.2, -0.15) is 0 Å². The third kappa shape index (κ3) is 2.94.